The Morgan fingerprint density at radius 2 is 1.45 bits per heavy atom. The number of benzene rings is 2. The van der Waals surface area contributed by atoms with E-state index in [4.69, 9.17) is 9.47 Å². The number of hydrogen-bond acceptors (Lipinski definition) is 4. The van der Waals surface area contributed by atoms with Gasteiger partial charge in [0.05, 0.1) is 19.4 Å². The van der Waals surface area contributed by atoms with Crippen LogP contribution in [0.4, 0.5) is 0 Å². The third-order valence-electron chi connectivity index (χ3n) is 5.03. The summed E-state index contributed by atoms with van der Waals surface area (Å²) in [7, 11) is 0. The maximum atomic E-state index is 12.0. The molecule has 0 saturated heterocycles. The van der Waals surface area contributed by atoms with Crippen molar-refractivity contribution in [3.63, 3.8) is 0 Å². The Balaban J connectivity index is 1.80. The Morgan fingerprint density at radius 1 is 0.862 bits per heavy atom. The summed E-state index contributed by atoms with van der Waals surface area (Å²) in [5, 5.41) is 0. The lowest BCUT2D eigenvalue weighted by molar-refractivity contribution is -0.147. The molecular formula is C25H32O4. The molecule has 0 unspecified atom stereocenters. The van der Waals surface area contributed by atoms with Gasteiger partial charge in [-0.1, -0.05) is 70.2 Å². The first-order valence-electron chi connectivity index (χ1n) is 10.3. The Hall–Kier alpha value is -2.62. The molecule has 0 saturated carbocycles. The zero-order valence-electron chi connectivity index (χ0n) is 17.9. The summed E-state index contributed by atoms with van der Waals surface area (Å²) in [6.07, 6.45) is 1.92. The van der Waals surface area contributed by atoms with Gasteiger partial charge in [0.2, 0.25) is 0 Å². The number of hydrogen-bond donors (Lipinski definition) is 0. The molecule has 156 valence electrons. The summed E-state index contributed by atoms with van der Waals surface area (Å²) in [5.41, 5.74) is 2.20. The zero-order valence-corrected chi connectivity index (χ0v) is 17.9. The summed E-state index contributed by atoms with van der Waals surface area (Å²) < 4.78 is 10.5. The van der Waals surface area contributed by atoms with E-state index in [2.05, 4.69) is 39.8 Å². The highest BCUT2D eigenvalue weighted by Gasteiger charge is 2.22. The molecule has 0 aliphatic carbocycles. The molecule has 4 heteroatoms. The predicted octanol–water partition coefficient (Wildman–Crippen LogP) is 5.68. The van der Waals surface area contributed by atoms with E-state index in [1.165, 1.54) is 5.56 Å². The van der Waals surface area contributed by atoms with Crippen LogP contribution in [-0.4, -0.2) is 18.5 Å². The number of ether oxygens (including phenoxy) is 2. The molecule has 0 aromatic heterocycles. The monoisotopic (exact) mass is 396 g/mol. The van der Waals surface area contributed by atoms with Crippen molar-refractivity contribution in [1.29, 1.82) is 0 Å². The molecule has 2 aromatic rings. The van der Waals surface area contributed by atoms with E-state index in [0.717, 1.165) is 18.4 Å². The van der Waals surface area contributed by atoms with Gasteiger partial charge in [-0.2, -0.15) is 0 Å². The molecule has 0 aliphatic heterocycles. The number of carbonyl (C=O) groups is 2. The molecule has 0 atom stereocenters. The van der Waals surface area contributed by atoms with E-state index >= 15 is 0 Å². The molecular weight excluding hydrogens is 364 g/mol. The van der Waals surface area contributed by atoms with Gasteiger partial charge >= 0.3 is 11.9 Å². The maximum absolute atomic E-state index is 12.0. The first kappa shape index (κ1) is 22.7. The van der Waals surface area contributed by atoms with Crippen molar-refractivity contribution >= 4 is 11.9 Å². The quantitative estimate of drug-likeness (QED) is 0.295. The predicted molar refractivity (Wildman–Crippen MR) is 115 cm³/mol. The Morgan fingerprint density at radius 3 is 2.07 bits per heavy atom. The van der Waals surface area contributed by atoms with Crippen LogP contribution in [0.2, 0.25) is 0 Å². The summed E-state index contributed by atoms with van der Waals surface area (Å²) in [5.74, 6) is 0.283. The lowest BCUT2D eigenvalue weighted by Crippen LogP contribution is -2.18. The maximum Gasteiger partial charge on any atom is 0.311 e. The highest BCUT2D eigenvalue weighted by molar-refractivity contribution is 5.79. The van der Waals surface area contributed by atoms with Gasteiger partial charge in [0.1, 0.15) is 5.75 Å². The van der Waals surface area contributed by atoms with Crippen molar-refractivity contribution in [1.82, 2.24) is 0 Å². The topological polar surface area (TPSA) is 52.6 Å². The van der Waals surface area contributed by atoms with Gasteiger partial charge < -0.3 is 9.47 Å². The molecule has 2 rings (SSSR count). The van der Waals surface area contributed by atoms with Crippen molar-refractivity contribution < 1.29 is 19.1 Å². The van der Waals surface area contributed by atoms with Crippen LogP contribution in [0.1, 0.15) is 64.5 Å². The second kappa shape index (κ2) is 10.8. The largest absolute Gasteiger partial charge is 0.466 e. The van der Waals surface area contributed by atoms with Crippen LogP contribution in [0.5, 0.6) is 5.75 Å². The van der Waals surface area contributed by atoms with Crippen LogP contribution in [0.25, 0.3) is 0 Å². The lowest BCUT2D eigenvalue weighted by atomic mass is 9.78. The molecule has 0 spiro atoms. The molecule has 0 fully saturated rings. The molecule has 0 bridgehead atoms. The number of esters is 2. The fourth-order valence-corrected chi connectivity index (χ4v) is 3.10. The van der Waals surface area contributed by atoms with Crippen molar-refractivity contribution in [3.8, 4) is 5.75 Å². The first-order valence-corrected chi connectivity index (χ1v) is 10.3. The van der Waals surface area contributed by atoms with Gasteiger partial charge in [-0.05, 0) is 42.0 Å². The highest BCUT2D eigenvalue weighted by Crippen LogP contribution is 2.32. The molecule has 29 heavy (non-hydrogen) atoms. The van der Waals surface area contributed by atoms with Crippen LogP contribution in [0.15, 0.2) is 54.6 Å². The molecule has 4 nitrogen and oxygen atoms in total. The van der Waals surface area contributed by atoms with E-state index in [1.54, 1.807) is 12.1 Å². The standard InChI is InChI=1S/C25H32O4/c1-19(2)9-8-18-28-23(26)16-17-24(27)29-22-14-12-21(13-15-22)25(3,4)20-10-6-5-7-11-20/h5-7,10-15,19H,8-9,16-18H2,1-4H3. The van der Waals surface area contributed by atoms with Crippen LogP contribution < -0.4 is 4.74 Å². The third-order valence-corrected chi connectivity index (χ3v) is 5.03. The molecule has 0 radical (unpaired) electrons. The third kappa shape index (κ3) is 7.37. The fraction of sp³-hybridized carbons (Fsp3) is 0.440. The fourth-order valence-electron chi connectivity index (χ4n) is 3.10. The summed E-state index contributed by atoms with van der Waals surface area (Å²) in [6, 6.07) is 17.8. The van der Waals surface area contributed by atoms with E-state index in [9.17, 15) is 9.59 Å². The Bertz CT molecular complexity index is 776. The van der Waals surface area contributed by atoms with Crippen LogP contribution >= 0.6 is 0 Å². The Labute approximate surface area is 174 Å². The second-order valence-corrected chi connectivity index (χ2v) is 8.25. The van der Waals surface area contributed by atoms with Gasteiger partial charge in [0, 0.05) is 5.41 Å². The van der Waals surface area contributed by atoms with E-state index in [-0.39, 0.29) is 24.2 Å². The van der Waals surface area contributed by atoms with Crippen LogP contribution in [-0.2, 0) is 19.7 Å². The number of carbonyl (C=O) groups excluding carboxylic acids is 2. The van der Waals surface area contributed by atoms with Crippen molar-refractivity contribution in [2.45, 2.75) is 58.8 Å². The Kier molecular flexibility index (Phi) is 8.44. The smallest absolute Gasteiger partial charge is 0.311 e. The van der Waals surface area contributed by atoms with Crippen molar-refractivity contribution in [3.05, 3.63) is 65.7 Å². The minimum Gasteiger partial charge on any atom is -0.466 e. The van der Waals surface area contributed by atoms with Crippen LogP contribution in [0.3, 0.4) is 0 Å². The molecule has 0 aliphatic rings. The molecule has 0 amide bonds. The van der Waals surface area contributed by atoms with E-state index in [1.807, 2.05) is 30.3 Å². The highest BCUT2D eigenvalue weighted by atomic mass is 16.5. The number of rotatable bonds is 10. The van der Waals surface area contributed by atoms with Crippen molar-refractivity contribution in [2.75, 3.05) is 6.61 Å². The van der Waals surface area contributed by atoms with E-state index < -0.39 is 5.97 Å². The van der Waals surface area contributed by atoms with Gasteiger partial charge in [0.25, 0.3) is 0 Å². The van der Waals surface area contributed by atoms with Gasteiger partial charge in [0.15, 0.2) is 0 Å². The SMILES string of the molecule is CC(C)CCCOC(=O)CCC(=O)Oc1ccc(C(C)(C)c2ccccc2)cc1. The molecule has 0 heterocycles. The second-order valence-electron chi connectivity index (χ2n) is 8.25. The summed E-state index contributed by atoms with van der Waals surface area (Å²) >= 11 is 0. The van der Waals surface area contributed by atoms with Gasteiger partial charge in [-0.3, -0.25) is 9.59 Å². The van der Waals surface area contributed by atoms with Crippen LogP contribution in [0, 0.1) is 5.92 Å². The van der Waals surface area contributed by atoms with Gasteiger partial charge in [-0.15, -0.1) is 0 Å². The van der Waals surface area contributed by atoms with Crippen molar-refractivity contribution in [2.24, 2.45) is 5.92 Å². The summed E-state index contributed by atoms with van der Waals surface area (Å²) in [4.78, 5) is 23.7. The molecule has 2 aromatic carbocycles. The minimum absolute atomic E-state index is 0.0142. The van der Waals surface area contributed by atoms with Gasteiger partial charge in [-0.25, -0.2) is 0 Å². The average Bonchev–Trinajstić information content (AvgIpc) is 2.70. The summed E-state index contributed by atoms with van der Waals surface area (Å²) in [6.45, 7) is 9.00. The van der Waals surface area contributed by atoms with E-state index in [0.29, 0.717) is 18.3 Å². The normalized spacial score (nSPS) is 11.3. The molecule has 0 N–H and O–H groups in total. The lowest BCUT2D eigenvalue weighted by Gasteiger charge is -2.26. The first-order chi connectivity index (χ1) is 13.8. The zero-order chi connectivity index (χ0) is 21.3. The average molecular weight is 397 g/mol. The minimum atomic E-state index is -0.431.